The maximum absolute atomic E-state index is 3.80. The summed E-state index contributed by atoms with van der Waals surface area (Å²) in [6.07, 6.45) is 12.4. The van der Waals surface area contributed by atoms with E-state index in [1.54, 1.807) is 0 Å². The largest absolute Gasteiger partial charge is 0.308 e. The van der Waals surface area contributed by atoms with Crippen LogP contribution in [0.2, 0.25) is 0 Å². The molecule has 2 rings (SSSR count). The number of benzene rings is 1. The highest BCUT2D eigenvalue weighted by Crippen LogP contribution is 2.29. The van der Waals surface area contributed by atoms with E-state index in [1.807, 2.05) is 0 Å². The van der Waals surface area contributed by atoms with Gasteiger partial charge in [0, 0.05) is 5.54 Å². The van der Waals surface area contributed by atoms with Crippen LogP contribution in [0.15, 0.2) is 42.5 Å². The number of hydrogen-bond donors (Lipinski definition) is 1. The van der Waals surface area contributed by atoms with E-state index in [0.29, 0.717) is 0 Å². The molecular weight excluding hydrogens is 218 g/mol. The fourth-order valence-corrected chi connectivity index (χ4v) is 3.00. The van der Waals surface area contributed by atoms with Crippen molar-refractivity contribution in [1.82, 2.24) is 5.32 Å². The van der Waals surface area contributed by atoms with Gasteiger partial charge >= 0.3 is 0 Å². The first-order valence-corrected chi connectivity index (χ1v) is 7.27. The van der Waals surface area contributed by atoms with E-state index < -0.39 is 0 Å². The average molecular weight is 243 g/mol. The lowest BCUT2D eigenvalue weighted by atomic mass is 9.81. The Morgan fingerprint density at radius 1 is 1.11 bits per heavy atom. The smallest absolute Gasteiger partial charge is 0.0364 e. The van der Waals surface area contributed by atoms with Gasteiger partial charge in [-0.05, 0) is 38.3 Å². The van der Waals surface area contributed by atoms with E-state index in [0.717, 1.165) is 13.0 Å². The van der Waals surface area contributed by atoms with Gasteiger partial charge in [-0.1, -0.05) is 61.7 Å². The van der Waals surface area contributed by atoms with Gasteiger partial charge < -0.3 is 5.32 Å². The van der Waals surface area contributed by atoms with Crippen molar-refractivity contribution in [3.63, 3.8) is 0 Å². The van der Waals surface area contributed by atoms with E-state index in [9.17, 15) is 0 Å². The third-order valence-electron chi connectivity index (χ3n) is 3.97. The molecule has 1 saturated carbocycles. The molecule has 0 aliphatic heterocycles. The quantitative estimate of drug-likeness (QED) is 0.768. The molecule has 1 heteroatoms. The Bertz CT molecular complexity index is 360. The topological polar surface area (TPSA) is 12.0 Å². The first-order valence-electron chi connectivity index (χ1n) is 7.27. The van der Waals surface area contributed by atoms with Crippen LogP contribution in [0.4, 0.5) is 0 Å². The highest BCUT2D eigenvalue weighted by molar-refractivity contribution is 5.15. The summed E-state index contributed by atoms with van der Waals surface area (Å²) < 4.78 is 0. The predicted molar refractivity (Wildman–Crippen MR) is 78.8 cm³/mol. The maximum Gasteiger partial charge on any atom is 0.0364 e. The molecule has 1 N–H and O–H groups in total. The SMILES string of the molecule is C/C=C\C1(NCCc2ccccc2)CCCCC1. The molecule has 1 aliphatic rings. The second kappa shape index (κ2) is 6.75. The lowest BCUT2D eigenvalue weighted by Crippen LogP contribution is -2.45. The Labute approximate surface area is 111 Å². The normalized spacial score (nSPS) is 19.2. The van der Waals surface area contributed by atoms with Crippen molar-refractivity contribution >= 4 is 0 Å². The van der Waals surface area contributed by atoms with Gasteiger partial charge in [-0.2, -0.15) is 0 Å². The zero-order chi connectivity index (χ0) is 12.7. The van der Waals surface area contributed by atoms with Gasteiger partial charge in [0.05, 0.1) is 0 Å². The van der Waals surface area contributed by atoms with E-state index in [2.05, 4.69) is 54.7 Å². The minimum Gasteiger partial charge on any atom is -0.308 e. The molecule has 0 radical (unpaired) electrons. The van der Waals surface area contributed by atoms with Gasteiger partial charge in [0.2, 0.25) is 0 Å². The highest BCUT2D eigenvalue weighted by atomic mass is 15.0. The van der Waals surface area contributed by atoms with Crippen LogP contribution in [0.3, 0.4) is 0 Å². The van der Waals surface area contributed by atoms with Gasteiger partial charge in [-0.15, -0.1) is 0 Å². The molecule has 1 aromatic carbocycles. The highest BCUT2D eigenvalue weighted by Gasteiger charge is 2.27. The molecule has 1 aliphatic carbocycles. The molecule has 18 heavy (non-hydrogen) atoms. The molecule has 0 atom stereocenters. The van der Waals surface area contributed by atoms with Crippen molar-refractivity contribution < 1.29 is 0 Å². The van der Waals surface area contributed by atoms with E-state index >= 15 is 0 Å². The Balaban J connectivity index is 1.86. The summed E-state index contributed by atoms with van der Waals surface area (Å²) in [7, 11) is 0. The van der Waals surface area contributed by atoms with E-state index in [4.69, 9.17) is 0 Å². The number of hydrogen-bond acceptors (Lipinski definition) is 1. The lowest BCUT2D eigenvalue weighted by molar-refractivity contribution is 0.291. The Morgan fingerprint density at radius 2 is 1.83 bits per heavy atom. The molecule has 0 spiro atoms. The molecule has 0 aromatic heterocycles. The fraction of sp³-hybridized carbons (Fsp3) is 0.529. The van der Waals surface area contributed by atoms with Gasteiger partial charge in [0.1, 0.15) is 0 Å². The van der Waals surface area contributed by atoms with Crippen LogP contribution < -0.4 is 5.32 Å². The molecule has 98 valence electrons. The van der Waals surface area contributed by atoms with Crippen LogP contribution in [0.25, 0.3) is 0 Å². The molecular formula is C17H25N. The van der Waals surface area contributed by atoms with Crippen LogP contribution >= 0.6 is 0 Å². The Kier molecular flexibility index (Phi) is 5.00. The van der Waals surface area contributed by atoms with Crippen LogP contribution in [0.5, 0.6) is 0 Å². The molecule has 0 unspecified atom stereocenters. The van der Waals surface area contributed by atoms with Crippen molar-refractivity contribution in [3.05, 3.63) is 48.0 Å². The van der Waals surface area contributed by atoms with E-state index in [1.165, 1.54) is 37.7 Å². The monoisotopic (exact) mass is 243 g/mol. The summed E-state index contributed by atoms with van der Waals surface area (Å²) in [5.41, 5.74) is 1.71. The van der Waals surface area contributed by atoms with Crippen molar-refractivity contribution in [2.75, 3.05) is 6.54 Å². The van der Waals surface area contributed by atoms with Gasteiger partial charge in [-0.3, -0.25) is 0 Å². The lowest BCUT2D eigenvalue weighted by Gasteiger charge is -2.36. The van der Waals surface area contributed by atoms with Crippen LogP contribution in [0, 0.1) is 0 Å². The Hall–Kier alpha value is -1.08. The molecule has 0 heterocycles. The van der Waals surface area contributed by atoms with Gasteiger partial charge in [0.15, 0.2) is 0 Å². The minimum atomic E-state index is 0.280. The third kappa shape index (κ3) is 3.71. The second-order valence-electron chi connectivity index (χ2n) is 5.38. The van der Waals surface area contributed by atoms with Crippen molar-refractivity contribution in [3.8, 4) is 0 Å². The van der Waals surface area contributed by atoms with Gasteiger partial charge in [-0.25, -0.2) is 0 Å². The average Bonchev–Trinajstić information content (AvgIpc) is 2.41. The van der Waals surface area contributed by atoms with Crippen LogP contribution in [0.1, 0.15) is 44.6 Å². The standard InChI is InChI=1S/C17H25N/c1-2-12-17(13-7-4-8-14-17)18-15-11-16-9-5-3-6-10-16/h2-3,5-6,9-10,12,18H,4,7-8,11,13-15H2,1H3/b12-2-. The summed E-state index contributed by atoms with van der Waals surface area (Å²) >= 11 is 0. The number of allylic oxidation sites excluding steroid dienone is 1. The summed E-state index contributed by atoms with van der Waals surface area (Å²) in [5.74, 6) is 0. The first kappa shape index (κ1) is 13.4. The summed E-state index contributed by atoms with van der Waals surface area (Å²) in [6, 6.07) is 10.8. The molecule has 1 aromatic rings. The Morgan fingerprint density at radius 3 is 2.50 bits per heavy atom. The third-order valence-corrected chi connectivity index (χ3v) is 3.97. The minimum absolute atomic E-state index is 0.280. The van der Waals surface area contributed by atoms with Crippen molar-refractivity contribution in [2.45, 2.75) is 51.0 Å². The van der Waals surface area contributed by atoms with Crippen LogP contribution in [-0.2, 0) is 6.42 Å². The first-order chi connectivity index (χ1) is 8.85. The molecule has 0 amide bonds. The molecule has 0 bridgehead atoms. The zero-order valence-corrected chi connectivity index (χ0v) is 11.5. The summed E-state index contributed by atoms with van der Waals surface area (Å²) in [6.45, 7) is 3.21. The van der Waals surface area contributed by atoms with Crippen molar-refractivity contribution in [1.29, 1.82) is 0 Å². The predicted octanol–water partition coefficient (Wildman–Crippen LogP) is 4.10. The molecule has 0 saturated heterocycles. The van der Waals surface area contributed by atoms with Crippen LogP contribution in [-0.4, -0.2) is 12.1 Å². The summed E-state index contributed by atoms with van der Waals surface area (Å²) in [4.78, 5) is 0. The van der Waals surface area contributed by atoms with Gasteiger partial charge in [0.25, 0.3) is 0 Å². The maximum atomic E-state index is 3.80. The number of rotatable bonds is 5. The molecule has 1 nitrogen and oxygen atoms in total. The second-order valence-corrected chi connectivity index (χ2v) is 5.38. The summed E-state index contributed by atoms with van der Waals surface area (Å²) in [5, 5.41) is 3.80. The molecule has 1 fully saturated rings. The fourth-order valence-electron chi connectivity index (χ4n) is 3.00. The van der Waals surface area contributed by atoms with Crippen molar-refractivity contribution in [2.24, 2.45) is 0 Å². The zero-order valence-electron chi connectivity index (χ0n) is 11.5. The number of nitrogens with one attached hydrogen (secondary N) is 1. The van der Waals surface area contributed by atoms with E-state index in [-0.39, 0.29) is 5.54 Å².